The van der Waals surface area contributed by atoms with Gasteiger partial charge in [-0.3, -0.25) is 0 Å². The number of oxazole rings is 1. The number of hydrogen-bond acceptors (Lipinski definition) is 7. The second-order valence-electron chi connectivity index (χ2n) is 7.39. The molecule has 7 heteroatoms. The largest absolute Gasteiger partial charge is 0.486 e. The molecule has 156 valence electrons. The third-order valence-electron chi connectivity index (χ3n) is 5.22. The van der Waals surface area contributed by atoms with Crippen LogP contribution in [-0.2, 0) is 11.3 Å². The van der Waals surface area contributed by atoms with Gasteiger partial charge in [-0.15, -0.1) is 0 Å². The molecule has 2 aromatic heterocycles. The number of nitriles is 1. The molecule has 31 heavy (non-hydrogen) atoms. The lowest BCUT2D eigenvalue weighted by Gasteiger charge is -2.09. The van der Waals surface area contributed by atoms with Gasteiger partial charge in [0.25, 0.3) is 5.89 Å². The van der Waals surface area contributed by atoms with Gasteiger partial charge in [0, 0.05) is 13.2 Å². The van der Waals surface area contributed by atoms with Gasteiger partial charge in [0.1, 0.15) is 24.2 Å². The summed E-state index contributed by atoms with van der Waals surface area (Å²) in [6.45, 7) is 1.62. The maximum absolute atomic E-state index is 9.37. The highest BCUT2D eigenvalue weighted by atomic mass is 16.5. The van der Waals surface area contributed by atoms with Crippen LogP contribution in [0.5, 0.6) is 5.75 Å². The minimum Gasteiger partial charge on any atom is -0.486 e. The van der Waals surface area contributed by atoms with Gasteiger partial charge < -0.3 is 23.6 Å². The molecule has 1 N–H and O–H groups in total. The molecule has 4 aromatic rings. The highest BCUT2D eigenvalue weighted by Crippen LogP contribution is 2.28. The van der Waals surface area contributed by atoms with Crippen molar-refractivity contribution in [3.63, 3.8) is 0 Å². The van der Waals surface area contributed by atoms with Gasteiger partial charge in [0.05, 0.1) is 6.10 Å². The van der Waals surface area contributed by atoms with E-state index >= 15 is 0 Å². The predicted octanol–water partition coefficient (Wildman–Crippen LogP) is 5.13. The topological polar surface area (TPSA) is 93.5 Å². The Morgan fingerprint density at radius 3 is 2.84 bits per heavy atom. The van der Waals surface area contributed by atoms with E-state index in [2.05, 4.69) is 22.4 Å². The van der Waals surface area contributed by atoms with E-state index < -0.39 is 0 Å². The van der Waals surface area contributed by atoms with Crippen molar-refractivity contribution in [3.8, 4) is 23.5 Å². The number of ether oxygens (including phenoxy) is 2. The molecule has 1 saturated heterocycles. The molecule has 7 nitrogen and oxygen atoms in total. The lowest BCUT2D eigenvalue weighted by Crippen LogP contribution is -2.18. The van der Waals surface area contributed by atoms with Gasteiger partial charge in [0.2, 0.25) is 11.6 Å². The first kappa shape index (κ1) is 19.2. The quantitative estimate of drug-likeness (QED) is 0.447. The van der Waals surface area contributed by atoms with E-state index in [9.17, 15) is 5.26 Å². The average molecular weight is 415 g/mol. The maximum atomic E-state index is 9.37. The molecule has 0 aliphatic carbocycles. The normalized spacial score (nSPS) is 15.8. The fourth-order valence-corrected chi connectivity index (χ4v) is 3.62. The number of rotatable bonds is 7. The summed E-state index contributed by atoms with van der Waals surface area (Å²) in [4.78, 5) is 4.24. The summed E-state index contributed by atoms with van der Waals surface area (Å²) >= 11 is 0. The van der Waals surface area contributed by atoms with Gasteiger partial charge in [-0.25, -0.2) is 0 Å². The molecular weight excluding hydrogens is 394 g/mol. The van der Waals surface area contributed by atoms with E-state index in [1.165, 1.54) is 0 Å². The smallest absolute Gasteiger partial charge is 0.266 e. The van der Waals surface area contributed by atoms with Crippen LogP contribution in [0.15, 0.2) is 63.4 Å². The van der Waals surface area contributed by atoms with E-state index in [1.807, 2.05) is 42.5 Å². The fourth-order valence-electron chi connectivity index (χ4n) is 3.62. The van der Waals surface area contributed by atoms with Crippen LogP contribution in [0.1, 0.15) is 24.3 Å². The Balaban J connectivity index is 1.25. The number of hydrogen-bond donors (Lipinski definition) is 1. The highest BCUT2D eigenvalue weighted by Gasteiger charge is 2.20. The molecule has 0 amide bonds. The predicted molar refractivity (Wildman–Crippen MR) is 115 cm³/mol. The molecule has 0 spiro atoms. The van der Waals surface area contributed by atoms with Gasteiger partial charge in [-0.2, -0.15) is 10.2 Å². The third kappa shape index (κ3) is 4.25. The van der Waals surface area contributed by atoms with Gasteiger partial charge >= 0.3 is 0 Å². The van der Waals surface area contributed by atoms with Crippen molar-refractivity contribution < 1.29 is 18.3 Å². The molecule has 1 atom stereocenters. The molecule has 5 rings (SSSR count). The Hall–Kier alpha value is -3.76. The van der Waals surface area contributed by atoms with Crippen LogP contribution in [0.25, 0.3) is 22.4 Å². The molecule has 0 saturated carbocycles. The molecule has 1 fully saturated rings. The van der Waals surface area contributed by atoms with Crippen molar-refractivity contribution in [3.05, 3.63) is 66.1 Å². The van der Waals surface area contributed by atoms with Crippen LogP contribution in [0.3, 0.4) is 0 Å². The second-order valence-corrected chi connectivity index (χ2v) is 7.39. The zero-order chi connectivity index (χ0) is 21.0. The first-order valence-electron chi connectivity index (χ1n) is 10.3. The second kappa shape index (κ2) is 8.54. The van der Waals surface area contributed by atoms with Gasteiger partial charge in [0.15, 0.2) is 5.76 Å². The van der Waals surface area contributed by atoms with E-state index in [4.69, 9.17) is 18.3 Å². The van der Waals surface area contributed by atoms with Crippen molar-refractivity contribution in [2.75, 3.05) is 18.5 Å². The van der Waals surface area contributed by atoms with E-state index in [0.29, 0.717) is 23.9 Å². The zero-order valence-corrected chi connectivity index (χ0v) is 16.8. The van der Waals surface area contributed by atoms with Crippen molar-refractivity contribution in [2.24, 2.45) is 0 Å². The Morgan fingerprint density at radius 2 is 2.00 bits per heavy atom. The Bertz CT molecular complexity index is 1230. The van der Waals surface area contributed by atoms with Crippen molar-refractivity contribution >= 4 is 16.7 Å². The van der Waals surface area contributed by atoms with Crippen LogP contribution in [0.2, 0.25) is 0 Å². The molecule has 0 bridgehead atoms. The number of fused-ring (bicyclic) bond motifs is 1. The summed E-state index contributed by atoms with van der Waals surface area (Å²) in [6.07, 6.45) is 2.17. The zero-order valence-electron chi connectivity index (χ0n) is 16.8. The average Bonchev–Trinajstić information content (AvgIpc) is 3.56. The summed E-state index contributed by atoms with van der Waals surface area (Å²) in [7, 11) is 0. The van der Waals surface area contributed by atoms with Crippen molar-refractivity contribution in [1.29, 1.82) is 5.26 Å². The fraction of sp³-hybridized carbons (Fsp3) is 0.250. The summed E-state index contributed by atoms with van der Waals surface area (Å²) < 4.78 is 23.0. The first-order valence-corrected chi connectivity index (χ1v) is 10.3. The number of nitrogens with one attached hydrogen (secondary N) is 1. The van der Waals surface area contributed by atoms with Crippen LogP contribution >= 0.6 is 0 Å². The Kier molecular flexibility index (Phi) is 5.29. The van der Waals surface area contributed by atoms with E-state index in [0.717, 1.165) is 36.0 Å². The minimum absolute atomic E-state index is 0.127. The number of nitrogens with zero attached hydrogens (tertiary/aromatic N) is 2. The van der Waals surface area contributed by atoms with Gasteiger partial charge in [-0.05, 0) is 47.9 Å². The van der Waals surface area contributed by atoms with Crippen LogP contribution in [0, 0.1) is 11.3 Å². The molecule has 1 aliphatic rings. The summed E-state index contributed by atoms with van der Waals surface area (Å²) in [6, 6.07) is 19.7. The molecular formula is C24H21N3O4. The lowest BCUT2D eigenvalue weighted by molar-refractivity contribution is 0.120. The number of aromatic nitrogens is 1. The maximum Gasteiger partial charge on any atom is 0.266 e. The SMILES string of the molecule is N#Cc1nc(-c2ccc(COc3ccc4ccccc4c3)o2)oc1NCC1CCCO1. The molecule has 0 radical (unpaired) electrons. The van der Waals surface area contributed by atoms with E-state index in [-0.39, 0.29) is 24.3 Å². The number of anilines is 1. The highest BCUT2D eigenvalue weighted by molar-refractivity contribution is 5.83. The summed E-state index contributed by atoms with van der Waals surface area (Å²) in [5, 5.41) is 14.8. The first-order chi connectivity index (χ1) is 15.3. The Morgan fingerprint density at radius 1 is 1.10 bits per heavy atom. The summed E-state index contributed by atoms with van der Waals surface area (Å²) in [5.74, 6) is 2.43. The number of benzene rings is 2. The third-order valence-corrected chi connectivity index (χ3v) is 5.22. The Labute approximate surface area is 179 Å². The molecule has 3 heterocycles. The van der Waals surface area contributed by atoms with Crippen molar-refractivity contribution in [1.82, 2.24) is 4.98 Å². The lowest BCUT2D eigenvalue weighted by atomic mass is 10.1. The minimum atomic E-state index is 0.127. The molecule has 1 unspecified atom stereocenters. The number of furan rings is 1. The van der Waals surface area contributed by atoms with E-state index in [1.54, 1.807) is 6.07 Å². The van der Waals surface area contributed by atoms with Crippen LogP contribution < -0.4 is 10.1 Å². The molecule has 1 aliphatic heterocycles. The van der Waals surface area contributed by atoms with Crippen LogP contribution in [-0.4, -0.2) is 24.2 Å². The standard InChI is InChI=1S/C24H21N3O4/c25-13-21-23(26-14-19-6-3-11-28-19)31-24(27-21)22-10-9-20(30-22)15-29-18-8-7-16-4-1-2-5-17(16)12-18/h1-2,4-5,7-10,12,19,26H,3,6,11,14-15H2. The summed E-state index contributed by atoms with van der Waals surface area (Å²) in [5.41, 5.74) is 0.193. The molecule has 2 aromatic carbocycles. The van der Waals surface area contributed by atoms with Crippen LogP contribution in [0.4, 0.5) is 5.88 Å². The van der Waals surface area contributed by atoms with Gasteiger partial charge in [-0.1, -0.05) is 30.3 Å². The monoisotopic (exact) mass is 415 g/mol. The van der Waals surface area contributed by atoms with Crippen molar-refractivity contribution in [2.45, 2.75) is 25.6 Å².